The van der Waals surface area contributed by atoms with E-state index in [2.05, 4.69) is 36.7 Å². The second-order valence-corrected chi connectivity index (χ2v) is 7.59. The van der Waals surface area contributed by atoms with Crippen molar-refractivity contribution in [2.24, 2.45) is 12.1 Å². The maximum atomic E-state index is 12.0. The average molecular weight is 460 g/mol. The summed E-state index contributed by atoms with van der Waals surface area (Å²) in [6.07, 6.45) is 1.57. The van der Waals surface area contributed by atoms with Gasteiger partial charge >= 0.3 is 0 Å². The van der Waals surface area contributed by atoms with Gasteiger partial charge in [0, 0.05) is 17.1 Å². The van der Waals surface area contributed by atoms with Crippen LogP contribution >= 0.6 is 27.7 Å². The molecule has 0 bridgehead atoms. The van der Waals surface area contributed by atoms with Crippen LogP contribution in [0.3, 0.4) is 0 Å². The summed E-state index contributed by atoms with van der Waals surface area (Å²) in [5.41, 5.74) is 4.29. The highest BCUT2D eigenvalue weighted by atomic mass is 79.9. The third-order valence-electron chi connectivity index (χ3n) is 3.75. The molecular formula is C19H18BrN5O2S. The van der Waals surface area contributed by atoms with Crippen LogP contribution in [0.15, 0.2) is 63.3 Å². The lowest BCUT2D eigenvalue weighted by molar-refractivity contribution is -0.118. The molecule has 0 saturated heterocycles. The molecule has 1 heterocycles. The van der Waals surface area contributed by atoms with Crippen LogP contribution in [0.4, 0.5) is 0 Å². The Bertz CT molecular complexity index is 1010. The highest BCUT2D eigenvalue weighted by Gasteiger charge is 2.13. The molecule has 1 aromatic heterocycles. The first kappa shape index (κ1) is 20.1. The van der Waals surface area contributed by atoms with Crippen LogP contribution in [0.25, 0.3) is 11.4 Å². The summed E-state index contributed by atoms with van der Waals surface area (Å²) in [6.45, 7) is 0. The third-order valence-corrected chi connectivity index (χ3v) is 5.26. The van der Waals surface area contributed by atoms with Gasteiger partial charge in [-0.05, 0) is 29.8 Å². The van der Waals surface area contributed by atoms with Crippen molar-refractivity contribution in [3.05, 3.63) is 58.6 Å². The van der Waals surface area contributed by atoms with E-state index in [-0.39, 0.29) is 11.7 Å². The molecule has 0 aliphatic rings. The number of rotatable bonds is 7. The van der Waals surface area contributed by atoms with E-state index in [4.69, 9.17) is 4.74 Å². The Morgan fingerprint density at radius 1 is 1.29 bits per heavy atom. The SMILES string of the molecule is COc1cccc(C=NNC(=O)CSc2nnc(-c3cccc(Br)c3)n2C)c1. The monoisotopic (exact) mass is 459 g/mol. The number of aromatic nitrogens is 3. The molecular weight excluding hydrogens is 442 g/mol. The maximum absolute atomic E-state index is 12.0. The van der Waals surface area contributed by atoms with Gasteiger partial charge in [0.2, 0.25) is 0 Å². The van der Waals surface area contributed by atoms with Crippen LogP contribution in [0.5, 0.6) is 5.75 Å². The fourth-order valence-corrected chi connectivity index (χ4v) is 3.49. The summed E-state index contributed by atoms with van der Waals surface area (Å²) >= 11 is 4.75. The minimum absolute atomic E-state index is 0.180. The number of ether oxygens (including phenoxy) is 1. The van der Waals surface area contributed by atoms with Crippen LogP contribution in [0.2, 0.25) is 0 Å². The number of carbonyl (C=O) groups excluding carboxylic acids is 1. The number of hydrazone groups is 1. The van der Waals surface area contributed by atoms with E-state index < -0.39 is 0 Å². The van der Waals surface area contributed by atoms with Crippen molar-refractivity contribution >= 4 is 39.8 Å². The van der Waals surface area contributed by atoms with Crippen molar-refractivity contribution in [3.8, 4) is 17.1 Å². The zero-order chi connectivity index (χ0) is 19.9. The molecule has 3 rings (SSSR count). The molecule has 1 amide bonds. The number of carbonyl (C=O) groups is 1. The smallest absolute Gasteiger partial charge is 0.250 e. The van der Waals surface area contributed by atoms with Crippen molar-refractivity contribution in [2.45, 2.75) is 5.16 Å². The molecule has 144 valence electrons. The number of thioether (sulfide) groups is 1. The van der Waals surface area contributed by atoms with Crippen molar-refractivity contribution in [2.75, 3.05) is 12.9 Å². The molecule has 3 aromatic rings. The summed E-state index contributed by atoms with van der Waals surface area (Å²) < 4.78 is 7.98. The minimum atomic E-state index is -0.226. The average Bonchev–Trinajstić information content (AvgIpc) is 3.07. The highest BCUT2D eigenvalue weighted by molar-refractivity contribution is 9.10. The van der Waals surface area contributed by atoms with Gasteiger partial charge in [-0.15, -0.1) is 10.2 Å². The Morgan fingerprint density at radius 3 is 2.89 bits per heavy atom. The molecule has 0 unspecified atom stereocenters. The van der Waals surface area contributed by atoms with Crippen LogP contribution in [0.1, 0.15) is 5.56 Å². The van der Waals surface area contributed by atoms with Gasteiger partial charge in [0.25, 0.3) is 5.91 Å². The molecule has 0 radical (unpaired) electrons. The predicted octanol–water partition coefficient (Wildman–Crippen LogP) is 3.50. The summed E-state index contributed by atoms with van der Waals surface area (Å²) in [7, 11) is 3.47. The van der Waals surface area contributed by atoms with Gasteiger partial charge in [-0.25, -0.2) is 5.43 Å². The number of methoxy groups -OCH3 is 1. The normalized spacial score (nSPS) is 11.0. The maximum Gasteiger partial charge on any atom is 0.250 e. The number of hydrogen-bond acceptors (Lipinski definition) is 6. The van der Waals surface area contributed by atoms with Gasteiger partial charge in [-0.2, -0.15) is 5.10 Å². The Balaban J connectivity index is 1.55. The van der Waals surface area contributed by atoms with Crippen LogP contribution in [0, 0.1) is 0 Å². The number of nitrogens with zero attached hydrogens (tertiary/aromatic N) is 4. The van der Waals surface area contributed by atoms with Crippen molar-refractivity contribution < 1.29 is 9.53 Å². The van der Waals surface area contributed by atoms with E-state index in [0.29, 0.717) is 5.16 Å². The summed E-state index contributed by atoms with van der Waals surface area (Å²) in [4.78, 5) is 12.0. The molecule has 0 fully saturated rings. The first-order chi connectivity index (χ1) is 13.6. The Labute approximate surface area is 175 Å². The van der Waals surface area contributed by atoms with Crippen molar-refractivity contribution in [3.63, 3.8) is 0 Å². The zero-order valence-electron chi connectivity index (χ0n) is 15.3. The lowest BCUT2D eigenvalue weighted by Gasteiger charge is -2.04. The van der Waals surface area contributed by atoms with E-state index in [1.165, 1.54) is 11.8 Å². The molecule has 0 spiro atoms. The Kier molecular flexibility index (Phi) is 6.83. The second-order valence-electron chi connectivity index (χ2n) is 5.73. The number of hydrogen-bond donors (Lipinski definition) is 1. The standard InChI is InChI=1S/C19H18BrN5O2S/c1-25-18(14-6-4-7-15(20)10-14)23-24-19(25)28-12-17(26)22-21-11-13-5-3-8-16(9-13)27-2/h3-11H,12H2,1-2H3,(H,22,26). The minimum Gasteiger partial charge on any atom is -0.497 e. The van der Waals surface area contributed by atoms with E-state index >= 15 is 0 Å². The Hall–Kier alpha value is -2.65. The number of nitrogens with one attached hydrogen (secondary N) is 1. The van der Waals surface area contributed by atoms with Crippen molar-refractivity contribution in [1.29, 1.82) is 0 Å². The predicted molar refractivity (Wildman–Crippen MR) is 114 cm³/mol. The summed E-state index contributed by atoms with van der Waals surface area (Å²) in [6, 6.07) is 15.2. The second kappa shape index (κ2) is 9.52. The molecule has 0 aliphatic carbocycles. The molecule has 0 aliphatic heterocycles. The summed E-state index contributed by atoms with van der Waals surface area (Å²) in [5, 5.41) is 13.0. The van der Waals surface area contributed by atoms with Crippen LogP contribution < -0.4 is 10.2 Å². The molecule has 0 atom stereocenters. The fraction of sp³-hybridized carbons (Fsp3) is 0.158. The van der Waals surface area contributed by atoms with Gasteiger partial charge in [-0.1, -0.05) is 52.0 Å². The van der Waals surface area contributed by atoms with Gasteiger partial charge in [0.15, 0.2) is 11.0 Å². The first-order valence-electron chi connectivity index (χ1n) is 8.31. The molecule has 0 saturated carbocycles. The molecule has 2 aromatic carbocycles. The highest BCUT2D eigenvalue weighted by Crippen LogP contribution is 2.24. The number of benzene rings is 2. The lowest BCUT2D eigenvalue weighted by atomic mass is 10.2. The Morgan fingerprint density at radius 2 is 2.11 bits per heavy atom. The van der Waals surface area contributed by atoms with Crippen molar-refractivity contribution in [1.82, 2.24) is 20.2 Å². The van der Waals surface area contributed by atoms with E-state index in [0.717, 1.165) is 27.2 Å². The molecule has 7 nitrogen and oxygen atoms in total. The van der Waals surface area contributed by atoms with E-state index in [1.54, 1.807) is 13.3 Å². The van der Waals surface area contributed by atoms with E-state index in [9.17, 15) is 4.79 Å². The van der Waals surface area contributed by atoms with Gasteiger partial charge in [0.05, 0.1) is 19.1 Å². The largest absolute Gasteiger partial charge is 0.497 e. The zero-order valence-corrected chi connectivity index (χ0v) is 17.7. The van der Waals surface area contributed by atoms with Crippen LogP contribution in [-0.4, -0.2) is 39.7 Å². The number of halogens is 1. The molecule has 1 N–H and O–H groups in total. The van der Waals surface area contributed by atoms with Gasteiger partial charge < -0.3 is 9.30 Å². The third kappa shape index (κ3) is 5.20. The van der Waals surface area contributed by atoms with Gasteiger partial charge in [-0.3, -0.25) is 4.79 Å². The lowest BCUT2D eigenvalue weighted by Crippen LogP contribution is -2.19. The summed E-state index contributed by atoms with van der Waals surface area (Å²) in [5.74, 6) is 1.42. The first-order valence-corrected chi connectivity index (χ1v) is 10.1. The van der Waals surface area contributed by atoms with E-state index in [1.807, 2.05) is 60.1 Å². The molecule has 9 heteroatoms. The molecule has 28 heavy (non-hydrogen) atoms. The van der Waals surface area contributed by atoms with Gasteiger partial charge in [0.1, 0.15) is 5.75 Å². The number of amides is 1. The van der Waals surface area contributed by atoms with Crippen LogP contribution in [-0.2, 0) is 11.8 Å². The quantitative estimate of drug-likeness (QED) is 0.332. The fourth-order valence-electron chi connectivity index (χ4n) is 2.38. The topological polar surface area (TPSA) is 81.4 Å².